The summed E-state index contributed by atoms with van der Waals surface area (Å²) in [7, 11) is 0. The smallest absolute Gasteiger partial charge is 0.261 e. The molecule has 0 saturated carbocycles. The Kier molecular flexibility index (Phi) is 6.88. The Labute approximate surface area is 125 Å². The fraction of sp³-hybridized carbons (Fsp3) is 0.438. The van der Waals surface area contributed by atoms with E-state index in [-0.39, 0.29) is 17.8 Å². The lowest BCUT2D eigenvalue weighted by atomic mass is 10.0. The maximum absolute atomic E-state index is 13.4. The van der Waals surface area contributed by atoms with Crippen LogP contribution in [0.2, 0.25) is 0 Å². The molecule has 0 aromatic heterocycles. The Hall–Kier alpha value is -1.88. The van der Waals surface area contributed by atoms with E-state index in [1.54, 1.807) is 13.0 Å². The van der Waals surface area contributed by atoms with Crippen molar-refractivity contribution in [1.29, 1.82) is 0 Å². The van der Waals surface area contributed by atoms with Crippen molar-refractivity contribution in [1.82, 2.24) is 5.32 Å². The van der Waals surface area contributed by atoms with E-state index in [2.05, 4.69) is 11.9 Å². The highest BCUT2D eigenvalue weighted by Gasteiger charge is 2.17. The average molecular weight is 294 g/mol. The van der Waals surface area contributed by atoms with Crippen molar-refractivity contribution in [3.05, 3.63) is 42.2 Å². The summed E-state index contributed by atoms with van der Waals surface area (Å²) >= 11 is 0. The van der Waals surface area contributed by atoms with Crippen LogP contribution in [0.4, 0.5) is 4.39 Å². The molecular formula is C16H23FN2O2. The quantitative estimate of drug-likeness (QED) is 0.722. The van der Waals surface area contributed by atoms with E-state index in [4.69, 9.17) is 10.5 Å². The van der Waals surface area contributed by atoms with Gasteiger partial charge in [-0.3, -0.25) is 4.79 Å². The Bertz CT molecular complexity index is 491. The molecule has 3 N–H and O–H groups in total. The molecule has 2 unspecified atom stereocenters. The first-order chi connectivity index (χ1) is 9.97. The second kappa shape index (κ2) is 8.42. The topological polar surface area (TPSA) is 64.3 Å². The van der Waals surface area contributed by atoms with Gasteiger partial charge in [-0.05, 0) is 43.5 Å². The van der Waals surface area contributed by atoms with Crippen molar-refractivity contribution in [3.63, 3.8) is 0 Å². The molecule has 1 aromatic carbocycles. The van der Waals surface area contributed by atoms with Gasteiger partial charge in [0.2, 0.25) is 0 Å². The van der Waals surface area contributed by atoms with Gasteiger partial charge in [-0.15, -0.1) is 6.58 Å². The first-order valence-electron chi connectivity index (χ1n) is 7.07. The van der Waals surface area contributed by atoms with E-state index < -0.39 is 6.10 Å². The van der Waals surface area contributed by atoms with Crippen molar-refractivity contribution in [3.8, 4) is 5.75 Å². The molecule has 0 aliphatic carbocycles. The molecular weight excluding hydrogens is 271 g/mol. The van der Waals surface area contributed by atoms with Gasteiger partial charge in [-0.2, -0.15) is 0 Å². The van der Waals surface area contributed by atoms with Crippen molar-refractivity contribution < 1.29 is 13.9 Å². The molecule has 5 heteroatoms. The molecule has 0 radical (unpaired) electrons. The van der Waals surface area contributed by atoms with Gasteiger partial charge in [0, 0.05) is 12.6 Å². The van der Waals surface area contributed by atoms with Gasteiger partial charge < -0.3 is 15.8 Å². The average Bonchev–Trinajstić information content (AvgIpc) is 2.47. The van der Waals surface area contributed by atoms with Crippen LogP contribution in [0.15, 0.2) is 30.9 Å². The predicted molar refractivity (Wildman–Crippen MR) is 81.7 cm³/mol. The highest BCUT2D eigenvalue weighted by atomic mass is 19.1. The van der Waals surface area contributed by atoms with Gasteiger partial charge in [0.25, 0.3) is 5.91 Å². The molecule has 0 spiro atoms. The van der Waals surface area contributed by atoms with Crippen LogP contribution in [0.1, 0.15) is 25.8 Å². The van der Waals surface area contributed by atoms with E-state index in [1.807, 2.05) is 6.92 Å². The third kappa shape index (κ3) is 5.55. The Balaban J connectivity index is 2.81. The molecule has 2 atom stereocenters. The van der Waals surface area contributed by atoms with Crippen molar-refractivity contribution in [2.24, 2.45) is 5.73 Å². The third-order valence-electron chi connectivity index (χ3n) is 3.12. The largest absolute Gasteiger partial charge is 0.481 e. The van der Waals surface area contributed by atoms with Gasteiger partial charge in [-0.1, -0.05) is 13.0 Å². The summed E-state index contributed by atoms with van der Waals surface area (Å²) in [5, 5.41) is 2.65. The van der Waals surface area contributed by atoms with Gasteiger partial charge in [0.15, 0.2) is 6.10 Å². The summed E-state index contributed by atoms with van der Waals surface area (Å²) in [6, 6.07) is 4.17. The van der Waals surface area contributed by atoms with E-state index in [0.29, 0.717) is 24.3 Å². The second-order valence-electron chi connectivity index (χ2n) is 4.92. The predicted octanol–water partition coefficient (Wildman–Crippen LogP) is 2.17. The minimum atomic E-state index is -0.674. The third-order valence-corrected chi connectivity index (χ3v) is 3.12. The lowest BCUT2D eigenvalue weighted by molar-refractivity contribution is -0.127. The summed E-state index contributed by atoms with van der Waals surface area (Å²) in [6.07, 6.45) is 2.21. The highest BCUT2D eigenvalue weighted by molar-refractivity contribution is 5.80. The Morgan fingerprint density at radius 1 is 1.57 bits per heavy atom. The molecule has 21 heavy (non-hydrogen) atoms. The van der Waals surface area contributed by atoms with Crippen LogP contribution in [-0.4, -0.2) is 24.6 Å². The molecule has 0 aliphatic rings. The zero-order valence-electron chi connectivity index (χ0n) is 12.6. The molecule has 1 aromatic rings. The summed E-state index contributed by atoms with van der Waals surface area (Å²) < 4.78 is 19.0. The van der Waals surface area contributed by atoms with Gasteiger partial charge >= 0.3 is 0 Å². The number of carbonyl (C=O) groups is 1. The van der Waals surface area contributed by atoms with Gasteiger partial charge in [0.05, 0.1) is 0 Å². The van der Waals surface area contributed by atoms with Crippen LogP contribution < -0.4 is 15.8 Å². The SMILES string of the molecule is C=CCNC(=O)C(C)Oc1ccc(F)cc1CC(N)CC. The van der Waals surface area contributed by atoms with Crippen LogP contribution in [-0.2, 0) is 11.2 Å². The van der Waals surface area contributed by atoms with E-state index in [0.717, 1.165) is 6.42 Å². The van der Waals surface area contributed by atoms with Crippen LogP contribution in [0.25, 0.3) is 0 Å². The number of rotatable bonds is 8. The number of ether oxygens (including phenoxy) is 1. The fourth-order valence-electron chi connectivity index (χ4n) is 1.81. The van der Waals surface area contributed by atoms with E-state index in [9.17, 15) is 9.18 Å². The second-order valence-corrected chi connectivity index (χ2v) is 4.92. The number of amides is 1. The minimum absolute atomic E-state index is 0.0703. The molecule has 116 valence electrons. The maximum atomic E-state index is 13.4. The normalized spacial score (nSPS) is 13.3. The summed E-state index contributed by atoms with van der Waals surface area (Å²) in [5.74, 6) is -0.101. The first kappa shape index (κ1) is 17.2. The molecule has 0 bridgehead atoms. The van der Waals surface area contributed by atoms with E-state index >= 15 is 0 Å². The number of nitrogens with two attached hydrogens (primary N) is 1. The fourth-order valence-corrected chi connectivity index (χ4v) is 1.81. The van der Waals surface area contributed by atoms with Crippen molar-refractivity contribution >= 4 is 5.91 Å². The molecule has 0 fully saturated rings. The summed E-state index contributed by atoms with van der Waals surface area (Å²) in [5.41, 5.74) is 6.59. The standard InChI is InChI=1S/C16H23FN2O2/c1-4-8-19-16(20)11(3)21-15-7-6-13(17)9-12(15)10-14(18)5-2/h4,6-7,9,11,14H,1,5,8,10,18H2,2-3H3,(H,19,20). The minimum Gasteiger partial charge on any atom is -0.481 e. The Morgan fingerprint density at radius 3 is 2.90 bits per heavy atom. The molecule has 0 aliphatic heterocycles. The lowest BCUT2D eigenvalue weighted by Gasteiger charge is -2.18. The van der Waals surface area contributed by atoms with Crippen molar-refractivity contribution in [2.45, 2.75) is 38.8 Å². The molecule has 1 rings (SSSR count). The summed E-state index contributed by atoms with van der Waals surface area (Å²) in [6.45, 7) is 7.52. The van der Waals surface area contributed by atoms with Crippen LogP contribution in [0, 0.1) is 5.82 Å². The maximum Gasteiger partial charge on any atom is 0.261 e. The molecule has 4 nitrogen and oxygen atoms in total. The molecule has 1 amide bonds. The zero-order chi connectivity index (χ0) is 15.8. The monoisotopic (exact) mass is 294 g/mol. The van der Waals surface area contributed by atoms with Gasteiger partial charge in [0.1, 0.15) is 11.6 Å². The van der Waals surface area contributed by atoms with E-state index in [1.165, 1.54) is 18.2 Å². The molecule has 0 saturated heterocycles. The first-order valence-corrected chi connectivity index (χ1v) is 7.07. The number of hydrogen-bond donors (Lipinski definition) is 2. The number of carbonyl (C=O) groups excluding carboxylic acids is 1. The number of nitrogens with one attached hydrogen (secondary N) is 1. The lowest BCUT2D eigenvalue weighted by Crippen LogP contribution is -2.36. The highest BCUT2D eigenvalue weighted by Crippen LogP contribution is 2.22. The summed E-state index contributed by atoms with van der Waals surface area (Å²) in [4.78, 5) is 11.8. The van der Waals surface area contributed by atoms with Crippen LogP contribution in [0.3, 0.4) is 0 Å². The number of hydrogen-bond acceptors (Lipinski definition) is 3. The zero-order valence-corrected chi connectivity index (χ0v) is 12.6. The van der Waals surface area contributed by atoms with Crippen molar-refractivity contribution in [2.75, 3.05) is 6.54 Å². The van der Waals surface area contributed by atoms with Crippen LogP contribution in [0.5, 0.6) is 5.75 Å². The molecule has 0 heterocycles. The van der Waals surface area contributed by atoms with Gasteiger partial charge in [-0.25, -0.2) is 4.39 Å². The number of halogens is 1. The number of benzene rings is 1. The van der Waals surface area contributed by atoms with Crippen LogP contribution >= 0.6 is 0 Å². The Morgan fingerprint density at radius 2 is 2.29 bits per heavy atom.